The summed E-state index contributed by atoms with van der Waals surface area (Å²) in [5.41, 5.74) is 9.95. The normalized spacial score (nSPS) is 12.5. The number of nitrogens with two attached hydrogens (primary N) is 2. The van der Waals surface area contributed by atoms with Crippen molar-refractivity contribution in [3.05, 3.63) is 0 Å². The average molecular weight is 158 g/mol. The van der Waals surface area contributed by atoms with E-state index < -0.39 is 0 Å². The minimum Gasteiger partial charge on any atom is -0.370 e. The van der Waals surface area contributed by atoms with Gasteiger partial charge in [0, 0.05) is 12.3 Å². The van der Waals surface area contributed by atoms with Gasteiger partial charge in [0.2, 0.25) is 11.8 Å². The van der Waals surface area contributed by atoms with Crippen molar-refractivity contribution in [2.75, 3.05) is 0 Å². The lowest BCUT2D eigenvalue weighted by atomic mass is 10.00. The third-order valence-electron chi connectivity index (χ3n) is 1.63. The van der Waals surface area contributed by atoms with E-state index in [9.17, 15) is 9.59 Å². The number of hydrogen-bond acceptors (Lipinski definition) is 2. The molecule has 0 unspecified atom stereocenters. The minimum atomic E-state index is -0.385. The molecule has 0 aromatic heterocycles. The lowest BCUT2D eigenvalue weighted by Crippen LogP contribution is -2.24. The number of carbonyl (C=O) groups excluding carboxylic acids is 2. The maximum absolute atomic E-state index is 10.6. The molecule has 0 aromatic rings. The predicted molar refractivity (Wildman–Crippen MR) is 41.4 cm³/mol. The van der Waals surface area contributed by atoms with E-state index in [2.05, 4.69) is 0 Å². The Hall–Kier alpha value is -1.06. The summed E-state index contributed by atoms with van der Waals surface area (Å²) < 4.78 is 0. The molecule has 11 heavy (non-hydrogen) atoms. The Morgan fingerprint density at radius 1 is 1.36 bits per heavy atom. The van der Waals surface area contributed by atoms with Gasteiger partial charge in [-0.2, -0.15) is 0 Å². The lowest BCUT2D eigenvalue weighted by molar-refractivity contribution is -0.122. The zero-order valence-electron chi connectivity index (χ0n) is 6.67. The molecule has 4 heteroatoms. The van der Waals surface area contributed by atoms with E-state index in [-0.39, 0.29) is 24.2 Å². The van der Waals surface area contributed by atoms with E-state index in [0.29, 0.717) is 12.8 Å². The number of carbonyl (C=O) groups is 2. The molecule has 0 rings (SSSR count). The van der Waals surface area contributed by atoms with Crippen LogP contribution in [0.1, 0.15) is 26.2 Å². The molecule has 0 saturated heterocycles. The predicted octanol–water partition coefficient (Wildman–Crippen LogP) is -0.237. The van der Waals surface area contributed by atoms with Crippen LogP contribution in [-0.2, 0) is 9.59 Å². The maximum Gasteiger partial charge on any atom is 0.220 e. The van der Waals surface area contributed by atoms with Crippen LogP contribution in [0.2, 0.25) is 0 Å². The Morgan fingerprint density at radius 3 is 2.18 bits per heavy atom. The quantitative estimate of drug-likeness (QED) is 0.578. The first kappa shape index (κ1) is 9.94. The molecule has 0 aliphatic carbocycles. The smallest absolute Gasteiger partial charge is 0.220 e. The van der Waals surface area contributed by atoms with Gasteiger partial charge in [-0.3, -0.25) is 9.59 Å². The van der Waals surface area contributed by atoms with Gasteiger partial charge in [-0.25, -0.2) is 0 Å². The van der Waals surface area contributed by atoms with E-state index in [1.165, 1.54) is 0 Å². The SMILES string of the molecule is CC[C@@H](CCC(N)=O)C(N)=O. The minimum absolute atomic E-state index is 0.206. The first-order chi connectivity index (χ1) is 5.07. The van der Waals surface area contributed by atoms with E-state index in [1.807, 2.05) is 6.92 Å². The topological polar surface area (TPSA) is 86.2 Å². The molecular formula is C7H14N2O2. The van der Waals surface area contributed by atoms with Gasteiger partial charge in [0.1, 0.15) is 0 Å². The van der Waals surface area contributed by atoms with Crippen LogP contribution in [0, 0.1) is 5.92 Å². The van der Waals surface area contributed by atoms with Crippen LogP contribution in [0.3, 0.4) is 0 Å². The Labute approximate surface area is 65.9 Å². The third kappa shape index (κ3) is 4.36. The van der Waals surface area contributed by atoms with Crippen molar-refractivity contribution in [2.24, 2.45) is 17.4 Å². The van der Waals surface area contributed by atoms with Crippen LogP contribution in [-0.4, -0.2) is 11.8 Å². The molecule has 0 fully saturated rings. The van der Waals surface area contributed by atoms with Crippen LogP contribution in [0.15, 0.2) is 0 Å². The largest absolute Gasteiger partial charge is 0.370 e. The third-order valence-corrected chi connectivity index (χ3v) is 1.63. The van der Waals surface area contributed by atoms with Crippen molar-refractivity contribution in [2.45, 2.75) is 26.2 Å². The highest BCUT2D eigenvalue weighted by atomic mass is 16.1. The lowest BCUT2D eigenvalue weighted by Gasteiger charge is -2.07. The molecule has 0 aliphatic rings. The van der Waals surface area contributed by atoms with Crippen LogP contribution in [0.25, 0.3) is 0 Å². The fourth-order valence-electron chi connectivity index (χ4n) is 0.864. The zero-order chi connectivity index (χ0) is 8.85. The zero-order valence-corrected chi connectivity index (χ0v) is 6.67. The van der Waals surface area contributed by atoms with E-state index in [0.717, 1.165) is 0 Å². The molecule has 4 nitrogen and oxygen atoms in total. The van der Waals surface area contributed by atoms with Crippen molar-refractivity contribution in [1.82, 2.24) is 0 Å². The standard InChI is InChI=1S/C7H14N2O2/c1-2-5(7(9)11)3-4-6(8)10/h5H,2-4H2,1H3,(H2,8,10)(H2,9,11)/t5-/m0/s1. The summed E-state index contributed by atoms with van der Waals surface area (Å²) >= 11 is 0. The number of amides is 2. The summed E-state index contributed by atoms with van der Waals surface area (Å²) in [6.45, 7) is 1.86. The second-order valence-electron chi connectivity index (χ2n) is 2.51. The molecule has 2 amide bonds. The first-order valence-electron chi connectivity index (χ1n) is 3.65. The van der Waals surface area contributed by atoms with E-state index in [1.54, 1.807) is 0 Å². The van der Waals surface area contributed by atoms with Crippen molar-refractivity contribution >= 4 is 11.8 Å². The fourth-order valence-corrected chi connectivity index (χ4v) is 0.864. The molecule has 0 radical (unpaired) electrons. The van der Waals surface area contributed by atoms with Crippen LogP contribution in [0.5, 0.6) is 0 Å². The van der Waals surface area contributed by atoms with Gasteiger partial charge in [-0.1, -0.05) is 6.92 Å². The van der Waals surface area contributed by atoms with Crippen LogP contribution < -0.4 is 11.5 Å². The molecule has 0 aromatic carbocycles. The molecule has 0 spiro atoms. The summed E-state index contributed by atoms with van der Waals surface area (Å²) in [6, 6.07) is 0. The number of rotatable bonds is 5. The molecular weight excluding hydrogens is 144 g/mol. The molecule has 64 valence electrons. The Balaban J connectivity index is 3.70. The van der Waals surface area contributed by atoms with Crippen LogP contribution >= 0.6 is 0 Å². The maximum atomic E-state index is 10.6. The molecule has 0 heterocycles. The molecule has 0 bridgehead atoms. The van der Waals surface area contributed by atoms with Crippen molar-refractivity contribution in [3.8, 4) is 0 Å². The van der Waals surface area contributed by atoms with Crippen molar-refractivity contribution in [1.29, 1.82) is 0 Å². The average Bonchev–Trinajstić information content (AvgIpc) is 1.87. The summed E-state index contributed by atoms with van der Waals surface area (Å²) in [4.78, 5) is 20.9. The van der Waals surface area contributed by atoms with Crippen molar-refractivity contribution in [3.63, 3.8) is 0 Å². The second-order valence-corrected chi connectivity index (χ2v) is 2.51. The molecule has 1 atom stereocenters. The van der Waals surface area contributed by atoms with Gasteiger partial charge in [-0.15, -0.1) is 0 Å². The number of primary amides is 2. The van der Waals surface area contributed by atoms with Gasteiger partial charge < -0.3 is 11.5 Å². The Bertz CT molecular complexity index is 157. The molecule has 4 N–H and O–H groups in total. The second kappa shape index (κ2) is 4.71. The Kier molecular flexibility index (Phi) is 4.26. The van der Waals surface area contributed by atoms with Crippen LogP contribution in [0.4, 0.5) is 0 Å². The summed E-state index contributed by atoms with van der Waals surface area (Å²) in [5, 5.41) is 0. The highest BCUT2D eigenvalue weighted by Gasteiger charge is 2.12. The Morgan fingerprint density at radius 2 is 1.91 bits per heavy atom. The highest BCUT2D eigenvalue weighted by molar-refractivity contribution is 5.78. The van der Waals surface area contributed by atoms with Gasteiger partial charge in [0.15, 0.2) is 0 Å². The van der Waals surface area contributed by atoms with Gasteiger partial charge in [0.05, 0.1) is 0 Å². The highest BCUT2D eigenvalue weighted by Crippen LogP contribution is 2.08. The first-order valence-corrected chi connectivity index (χ1v) is 3.65. The molecule has 0 saturated carbocycles. The van der Waals surface area contributed by atoms with E-state index >= 15 is 0 Å². The van der Waals surface area contributed by atoms with Gasteiger partial charge in [0.25, 0.3) is 0 Å². The summed E-state index contributed by atoms with van der Waals surface area (Å²) in [5.74, 6) is -0.944. The monoisotopic (exact) mass is 158 g/mol. The van der Waals surface area contributed by atoms with Gasteiger partial charge in [-0.05, 0) is 12.8 Å². The van der Waals surface area contributed by atoms with Crippen molar-refractivity contribution < 1.29 is 9.59 Å². The van der Waals surface area contributed by atoms with E-state index in [4.69, 9.17) is 11.5 Å². The summed E-state index contributed by atoms with van der Waals surface area (Å²) in [6.07, 6.45) is 1.38. The molecule has 0 aliphatic heterocycles. The fraction of sp³-hybridized carbons (Fsp3) is 0.714. The van der Waals surface area contributed by atoms with Gasteiger partial charge >= 0.3 is 0 Å². The summed E-state index contributed by atoms with van der Waals surface area (Å²) in [7, 11) is 0. The number of hydrogen-bond donors (Lipinski definition) is 2.